The van der Waals surface area contributed by atoms with Crippen LogP contribution in [0, 0.1) is 0 Å². The van der Waals surface area contributed by atoms with Crippen LogP contribution < -0.4 is 5.73 Å². The molecule has 22 valence electrons. The Hall–Kier alpha value is 0.269. The fourth-order valence-corrected chi connectivity index (χ4v) is 0. The monoisotopic (exact) mass is 165 g/mol. The molecule has 0 heterocycles. The summed E-state index contributed by atoms with van der Waals surface area (Å²) in [7, 11) is 0. The van der Waals surface area contributed by atoms with E-state index in [4.69, 9.17) is 0 Å². The van der Waals surface area contributed by atoms with Crippen molar-refractivity contribution in [2.45, 2.75) is 0 Å². The molecule has 0 saturated heterocycles. The number of carbonyl (C=O) groups is 1. The maximum atomic E-state index is 9.28. The summed E-state index contributed by atoms with van der Waals surface area (Å²) in [5.74, 6) is 0. The molecule has 3 heteroatoms. The first kappa shape index (κ1) is 4.27. The normalized spacial score (nSPS) is 6.25. The van der Waals surface area contributed by atoms with Gasteiger partial charge in [0.2, 0.25) is 0 Å². The average Bonchev–Trinajstić information content (AvgIpc) is 0.811. The first-order valence-electron chi connectivity index (χ1n) is 0.781. The van der Waals surface area contributed by atoms with Crippen molar-refractivity contribution in [1.82, 2.24) is 0 Å². The summed E-state index contributed by atoms with van der Waals surface area (Å²) in [4.78, 5) is 9.28. The molecule has 1 amide bonds. The number of nitrogens with two attached hydrogens (primary N) is 1. The van der Waals surface area contributed by atoms with Crippen LogP contribution in [0.25, 0.3) is 0 Å². The molecule has 0 aliphatic carbocycles. The summed E-state index contributed by atoms with van der Waals surface area (Å²) in [5.41, 5.74) is 4.53. The van der Waals surface area contributed by atoms with Crippen LogP contribution in [0.1, 0.15) is 0 Å². The van der Waals surface area contributed by atoms with Gasteiger partial charge >= 0.3 is 37.0 Å². The standard InChI is InChI=1S/CH2NO.Sn.H/c2-1-3;;/h(H2,2,3);;. The third-order valence-corrected chi connectivity index (χ3v) is 0. The number of hydrogen-bond donors (Lipinski definition) is 1. The molecular weight excluding hydrogens is 161 g/mol. The van der Waals surface area contributed by atoms with Gasteiger partial charge in [-0.15, -0.1) is 0 Å². The second kappa shape index (κ2) is 1.57. The number of primary amides is 1. The molecule has 2 nitrogen and oxygen atoms in total. The van der Waals surface area contributed by atoms with Gasteiger partial charge in [-0.1, -0.05) is 0 Å². The Balaban J connectivity index is 2.80. The minimum atomic E-state index is -0.203. The zero-order valence-electron chi connectivity index (χ0n) is 2.06. The van der Waals surface area contributed by atoms with Crippen LogP contribution >= 0.6 is 0 Å². The number of hydrogen-bond acceptors (Lipinski definition) is 1. The van der Waals surface area contributed by atoms with Gasteiger partial charge in [-0.3, -0.25) is 0 Å². The summed E-state index contributed by atoms with van der Waals surface area (Å²) in [5, 5.41) is 0. The van der Waals surface area contributed by atoms with E-state index in [1.807, 2.05) is 0 Å². The average molecular weight is 164 g/mol. The second-order valence-electron chi connectivity index (χ2n) is 0.402. The molecule has 0 fully saturated rings. The molecule has 4 heavy (non-hydrogen) atoms. The molecule has 0 bridgehead atoms. The first-order valence-corrected chi connectivity index (χ1v) is 2.43. The van der Waals surface area contributed by atoms with Crippen molar-refractivity contribution in [3.63, 3.8) is 0 Å². The maximum absolute atomic E-state index is 9.28. The SMILES string of the molecule is N[C](=O)[SnH]. The van der Waals surface area contributed by atoms with Crippen LogP contribution in [-0.4, -0.2) is 26.4 Å². The molecule has 0 spiro atoms. The van der Waals surface area contributed by atoms with E-state index in [9.17, 15) is 4.79 Å². The van der Waals surface area contributed by atoms with Crippen LogP contribution in [0.15, 0.2) is 0 Å². The molecule has 0 atom stereocenters. The van der Waals surface area contributed by atoms with Gasteiger partial charge in [-0.2, -0.15) is 0 Å². The van der Waals surface area contributed by atoms with E-state index in [1.165, 1.54) is 0 Å². The van der Waals surface area contributed by atoms with E-state index in [2.05, 4.69) is 5.73 Å². The molecule has 0 unspecified atom stereocenters. The van der Waals surface area contributed by atoms with Gasteiger partial charge in [0.05, 0.1) is 0 Å². The number of amides is 1. The van der Waals surface area contributed by atoms with E-state index in [1.54, 1.807) is 0 Å². The van der Waals surface area contributed by atoms with Crippen LogP contribution in [0.3, 0.4) is 0 Å². The van der Waals surface area contributed by atoms with Crippen molar-refractivity contribution in [2.24, 2.45) is 5.73 Å². The molecule has 0 rings (SSSR count). The van der Waals surface area contributed by atoms with E-state index >= 15 is 0 Å². The van der Waals surface area contributed by atoms with E-state index in [0.29, 0.717) is 22.5 Å². The van der Waals surface area contributed by atoms with Gasteiger partial charge in [0.25, 0.3) is 0 Å². The predicted octanol–water partition coefficient (Wildman–Crippen LogP) is -1.03. The van der Waals surface area contributed by atoms with Gasteiger partial charge in [0.1, 0.15) is 0 Å². The Morgan fingerprint density at radius 3 is 2.00 bits per heavy atom. The Morgan fingerprint density at radius 2 is 2.00 bits per heavy atom. The van der Waals surface area contributed by atoms with Crippen LogP contribution in [-0.2, 0) is 0 Å². The topological polar surface area (TPSA) is 43.1 Å². The van der Waals surface area contributed by atoms with Crippen LogP contribution in [0.4, 0.5) is 4.79 Å². The van der Waals surface area contributed by atoms with Gasteiger partial charge in [0.15, 0.2) is 0 Å². The van der Waals surface area contributed by atoms with E-state index in [0.717, 1.165) is 0 Å². The Bertz CT molecular complexity index is 31.0. The Morgan fingerprint density at radius 1 is 2.00 bits per heavy atom. The molecule has 2 N–H and O–H groups in total. The van der Waals surface area contributed by atoms with Gasteiger partial charge < -0.3 is 0 Å². The number of carbonyl (C=O) groups excluding carboxylic acids is 1. The summed E-state index contributed by atoms with van der Waals surface area (Å²) in [6.07, 6.45) is 0. The summed E-state index contributed by atoms with van der Waals surface area (Å²) in [6, 6.07) is 0. The third-order valence-electron chi connectivity index (χ3n) is 0. The second-order valence-corrected chi connectivity index (χ2v) is 2.03. The third kappa shape index (κ3) is 50.6. The fourth-order valence-electron chi connectivity index (χ4n) is 0. The Labute approximate surface area is 37.4 Å². The summed E-state index contributed by atoms with van der Waals surface area (Å²) < 4.78 is -0.203. The van der Waals surface area contributed by atoms with E-state index < -0.39 is 0 Å². The molecule has 0 aliphatic rings. The van der Waals surface area contributed by atoms with Crippen molar-refractivity contribution < 1.29 is 4.79 Å². The van der Waals surface area contributed by atoms with Crippen molar-refractivity contribution >= 4 is 26.4 Å². The van der Waals surface area contributed by atoms with Gasteiger partial charge in [0, 0.05) is 0 Å². The van der Waals surface area contributed by atoms with Crippen molar-refractivity contribution in [3.8, 4) is 0 Å². The molecule has 0 saturated carbocycles. The van der Waals surface area contributed by atoms with Crippen LogP contribution in [0.5, 0.6) is 0 Å². The summed E-state index contributed by atoms with van der Waals surface area (Å²) >= 11 is 0.540. The van der Waals surface area contributed by atoms with Crippen LogP contribution in [0.2, 0.25) is 0 Å². The number of rotatable bonds is 0. The molecular formula is CH3NOSn. The first-order chi connectivity index (χ1) is 1.73. The van der Waals surface area contributed by atoms with Crippen molar-refractivity contribution in [2.75, 3.05) is 0 Å². The Kier molecular flexibility index (Phi) is 1.68. The zero-order valence-corrected chi connectivity index (χ0v) is 5.36. The van der Waals surface area contributed by atoms with Crippen molar-refractivity contribution in [3.05, 3.63) is 0 Å². The van der Waals surface area contributed by atoms with E-state index in [-0.39, 0.29) is 3.92 Å². The van der Waals surface area contributed by atoms with Gasteiger partial charge in [-0.05, 0) is 0 Å². The molecule has 2 radical (unpaired) electrons. The van der Waals surface area contributed by atoms with Gasteiger partial charge in [-0.25, -0.2) is 0 Å². The molecule has 0 aromatic carbocycles. The molecule has 0 aliphatic heterocycles. The quantitative estimate of drug-likeness (QED) is 0.456. The minimum absolute atomic E-state index is 0.203. The zero-order chi connectivity index (χ0) is 3.58. The summed E-state index contributed by atoms with van der Waals surface area (Å²) in [6.45, 7) is 0. The predicted molar refractivity (Wildman–Crippen MR) is 16.7 cm³/mol. The van der Waals surface area contributed by atoms with Crippen molar-refractivity contribution in [1.29, 1.82) is 0 Å². The fraction of sp³-hybridized carbons (Fsp3) is 0. The molecule has 0 aromatic rings. The molecule has 0 aromatic heterocycles.